The molecule has 1 aromatic carbocycles. The van der Waals surface area contributed by atoms with Gasteiger partial charge in [-0.15, -0.1) is 0 Å². The number of para-hydroxylation sites is 2. The number of fused-ring (bicyclic) bond motifs is 1. The van der Waals surface area contributed by atoms with E-state index in [1.54, 1.807) is 6.92 Å². The molecule has 5 heteroatoms. The van der Waals surface area contributed by atoms with Crippen LogP contribution in [0.2, 0.25) is 0 Å². The van der Waals surface area contributed by atoms with Crippen molar-refractivity contribution in [1.82, 2.24) is 9.55 Å². The van der Waals surface area contributed by atoms with Crippen LogP contribution in [-0.4, -0.2) is 22.0 Å². The van der Waals surface area contributed by atoms with Crippen LogP contribution in [0.1, 0.15) is 18.8 Å². The van der Waals surface area contributed by atoms with E-state index in [1.807, 2.05) is 28.8 Å². The van der Waals surface area contributed by atoms with Gasteiger partial charge in [0.1, 0.15) is 11.9 Å². The number of imidazole rings is 1. The van der Waals surface area contributed by atoms with Gasteiger partial charge in [0.15, 0.2) is 0 Å². The highest BCUT2D eigenvalue weighted by Crippen LogP contribution is 2.21. The van der Waals surface area contributed by atoms with Crippen molar-refractivity contribution in [1.29, 1.82) is 0 Å². The summed E-state index contributed by atoms with van der Waals surface area (Å²) in [6.07, 6.45) is 0.631. The quantitative estimate of drug-likeness (QED) is 0.808. The van der Waals surface area contributed by atoms with Gasteiger partial charge in [-0.2, -0.15) is 0 Å². The average molecular weight is 232 g/mol. The van der Waals surface area contributed by atoms with Crippen LogP contribution < -0.4 is 11.5 Å². The van der Waals surface area contributed by atoms with E-state index in [0.717, 1.165) is 16.9 Å². The SMILES string of the molecule is CC(C(N)=O)n1c(CCN)nc2ccccc21. The molecule has 17 heavy (non-hydrogen) atoms. The maximum absolute atomic E-state index is 11.3. The highest BCUT2D eigenvalue weighted by molar-refractivity contribution is 5.82. The molecule has 2 rings (SSSR count). The summed E-state index contributed by atoms with van der Waals surface area (Å²) in [6.45, 7) is 2.27. The molecule has 0 fully saturated rings. The first-order valence-electron chi connectivity index (χ1n) is 5.60. The van der Waals surface area contributed by atoms with Gasteiger partial charge in [-0.25, -0.2) is 4.98 Å². The number of benzene rings is 1. The van der Waals surface area contributed by atoms with Crippen LogP contribution in [0.4, 0.5) is 0 Å². The van der Waals surface area contributed by atoms with Crippen LogP contribution in [-0.2, 0) is 11.2 Å². The Labute approximate surface area is 99.4 Å². The molecule has 0 aliphatic rings. The third kappa shape index (κ3) is 2.01. The second kappa shape index (κ2) is 4.55. The van der Waals surface area contributed by atoms with Crippen molar-refractivity contribution in [3.63, 3.8) is 0 Å². The van der Waals surface area contributed by atoms with E-state index >= 15 is 0 Å². The molecule has 0 saturated carbocycles. The topological polar surface area (TPSA) is 86.9 Å². The molecule has 1 unspecified atom stereocenters. The fraction of sp³-hybridized carbons (Fsp3) is 0.333. The fourth-order valence-corrected chi connectivity index (χ4v) is 1.96. The molecule has 0 bridgehead atoms. The molecule has 0 aliphatic heterocycles. The number of carbonyl (C=O) groups is 1. The maximum atomic E-state index is 11.3. The van der Waals surface area contributed by atoms with E-state index in [2.05, 4.69) is 4.98 Å². The number of hydrogen-bond acceptors (Lipinski definition) is 3. The van der Waals surface area contributed by atoms with Crippen LogP contribution in [0.25, 0.3) is 11.0 Å². The molecule has 5 nitrogen and oxygen atoms in total. The summed E-state index contributed by atoms with van der Waals surface area (Å²) < 4.78 is 1.87. The van der Waals surface area contributed by atoms with Crippen LogP contribution in [0.15, 0.2) is 24.3 Å². The van der Waals surface area contributed by atoms with Crippen LogP contribution in [0, 0.1) is 0 Å². The van der Waals surface area contributed by atoms with Gasteiger partial charge in [0.2, 0.25) is 5.91 Å². The molecule has 1 atom stereocenters. The number of carbonyl (C=O) groups excluding carboxylic acids is 1. The number of primary amides is 1. The Kier molecular flexibility index (Phi) is 3.10. The number of rotatable bonds is 4. The zero-order chi connectivity index (χ0) is 12.4. The molecule has 0 radical (unpaired) electrons. The molecule has 0 spiro atoms. The third-order valence-electron chi connectivity index (χ3n) is 2.84. The lowest BCUT2D eigenvalue weighted by molar-refractivity contribution is -0.120. The normalized spacial score (nSPS) is 12.8. The predicted octanol–water partition coefficient (Wildman–Crippen LogP) is 0.584. The zero-order valence-corrected chi connectivity index (χ0v) is 9.76. The second-order valence-electron chi connectivity index (χ2n) is 4.00. The van der Waals surface area contributed by atoms with Crippen molar-refractivity contribution in [2.45, 2.75) is 19.4 Å². The molecular weight excluding hydrogens is 216 g/mol. The Balaban J connectivity index is 2.63. The Morgan fingerprint density at radius 3 is 2.82 bits per heavy atom. The Hall–Kier alpha value is -1.88. The summed E-state index contributed by atoms with van der Waals surface area (Å²) in [7, 11) is 0. The van der Waals surface area contributed by atoms with Crippen molar-refractivity contribution in [2.24, 2.45) is 11.5 Å². The van der Waals surface area contributed by atoms with E-state index in [1.165, 1.54) is 0 Å². The number of nitrogens with zero attached hydrogens (tertiary/aromatic N) is 2. The fourth-order valence-electron chi connectivity index (χ4n) is 1.96. The van der Waals surface area contributed by atoms with Crippen molar-refractivity contribution in [2.75, 3.05) is 6.54 Å². The van der Waals surface area contributed by atoms with Gasteiger partial charge in [-0.3, -0.25) is 4.79 Å². The summed E-state index contributed by atoms with van der Waals surface area (Å²) in [5, 5.41) is 0. The molecule has 1 aromatic heterocycles. The first-order chi connectivity index (χ1) is 8.15. The average Bonchev–Trinajstić information content (AvgIpc) is 2.66. The molecule has 0 saturated heterocycles. The Morgan fingerprint density at radius 1 is 1.47 bits per heavy atom. The van der Waals surface area contributed by atoms with Crippen molar-refractivity contribution in [3.8, 4) is 0 Å². The highest BCUT2D eigenvalue weighted by Gasteiger charge is 2.18. The van der Waals surface area contributed by atoms with Crippen LogP contribution >= 0.6 is 0 Å². The third-order valence-corrected chi connectivity index (χ3v) is 2.84. The van der Waals surface area contributed by atoms with Crippen molar-refractivity contribution in [3.05, 3.63) is 30.1 Å². The van der Waals surface area contributed by atoms with E-state index in [-0.39, 0.29) is 5.91 Å². The van der Waals surface area contributed by atoms with Crippen LogP contribution in [0.3, 0.4) is 0 Å². The second-order valence-corrected chi connectivity index (χ2v) is 4.00. The number of amides is 1. The van der Waals surface area contributed by atoms with Gasteiger partial charge in [-0.1, -0.05) is 12.1 Å². The summed E-state index contributed by atoms with van der Waals surface area (Å²) in [5.41, 5.74) is 12.7. The van der Waals surface area contributed by atoms with Crippen LogP contribution in [0.5, 0.6) is 0 Å². The van der Waals surface area contributed by atoms with E-state index in [9.17, 15) is 4.79 Å². The number of aromatic nitrogens is 2. The molecule has 2 aromatic rings. The maximum Gasteiger partial charge on any atom is 0.240 e. The van der Waals surface area contributed by atoms with Gasteiger partial charge in [0.05, 0.1) is 11.0 Å². The Morgan fingerprint density at radius 2 is 2.18 bits per heavy atom. The van der Waals surface area contributed by atoms with E-state index in [0.29, 0.717) is 13.0 Å². The first-order valence-corrected chi connectivity index (χ1v) is 5.60. The van der Waals surface area contributed by atoms with E-state index < -0.39 is 6.04 Å². The molecule has 1 heterocycles. The lowest BCUT2D eigenvalue weighted by atomic mass is 10.2. The lowest BCUT2D eigenvalue weighted by Gasteiger charge is -2.13. The van der Waals surface area contributed by atoms with Gasteiger partial charge >= 0.3 is 0 Å². The molecule has 0 aliphatic carbocycles. The molecule has 90 valence electrons. The largest absolute Gasteiger partial charge is 0.368 e. The molecular formula is C12H16N4O. The summed E-state index contributed by atoms with van der Waals surface area (Å²) in [4.78, 5) is 15.8. The van der Waals surface area contributed by atoms with Crippen molar-refractivity contribution >= 4 is 16.9 Å². The van der Waals surface area contributed by atoms with Gasteiger partial charge in [-0.05, 0) is 25.6 Å². The molecule has 4 N–H and O–H groups in total. The lowest BCUT2D eigenvalue weighted by Crippen LogP contribution is -2.26. The summed E-state index contributed by atoms with van der Waals surface area (Å²) >= 11 is 0. The smallest absolute Gasteiger partial charge is 0.240 e. The monoisotopic (exact) mass is 232 g/mol. The number of hydrogen-bond donors (Lipinski definition) is 2. The summed E-state index contributed by atoms with van der Waals surface area (Å²) in [5.74, 6) is 0.437. The molecule has 1 amide bonds. The van der Waals surface area contributed by atoms with Gasteiger partial charge < -0.3 is 16.0 Å². The highest BCUT2D eigenvalue weighted by atomic mass is 16.1. The first kappa shape index (κ1) is 11.6. The van der Waals surface area contributed by atoms with Gasteiger partial charge in [0, 0.05) is 6.42 Å². The Bertz CT molecular complexity index is 546. The minimum absolute atomic E-state index is 0.369. The minimum Gasteiger partial charge on any atom is -0.368 e. The van der Waals surface area contributed by atoms with Crippen molar-refractivity contribution < 1.29 is 4.79 Å². The minimum atomic E-state index is -0.413. The number of nitrogens with two attached hydrogens (primary N) is 2. The zero-order valence-electron chi connectivity index (χ0n) is 9.76. The van der Waals surface area contributed by atoms with E-state index in [4.69, 9.17) is 11.5 Å². The van der Waals surface area contributed by atoms with Gasteiger partial charge in [0.25, 0.3) is 0 Å². The summed E-state index contributed by atoms with van der Waals surface area (Å²) in [6, 6.07) is 7.27. The standard InChI is InChI=1S/C12H16N4O/c1-8(12(14)17)16-10-5-3-2-4-9(10)15-11(16)6-7-13/h2-5,8H,6-7,13H2,1H3,(H2,14,17). The predicted molar refractivity (Wildman–Crippen MR) is 66.4 cm³/mol.